The maximum atomic E-state index is 12.6. The fourth-order valence-corrected chi connectivity index (χ4v) is 4.04. The van der Waals surface area contributed by atoms with Crippen molar-refractivity contribution in [3.63, 3.8) is 0 Å². The standard InChI is InChI=1S/C12H21O5P/c1-4-15-18(13,16-5-2)11-8-9(3)10-6-7-14-12(10)17-11/h8-10,12H,4-7H2,1-3H3/t9-,10-,12+/m0/s1. The Hall–Kier alpha value is -0.350. The zero-order valence-electron chi connectivity index (χ0n) is 11.1. The highest BCUT2D eigenvalue weighted by molar-refractivity contribution is 7.58. The molecule has 0 aromatic rings. The second-order valence-electron chi connectivity index (χ2n) is 4.51. The van der Waals surface area contributed by atoms with E-state index in [0.717, 1.165) is 6.42 Å². The molecule has 0 aliphatic carbocycles. The summed E-state index contributed by atoms with van der Waals surface area (Å²) in [4.78, 5) is 0. The highest BCUT2D eigenvalue weighted by atomic mass is 31.2. The minimum atomic E-state index is -3.32. The van der Waals surface area contributed by atoms with E-state index < -0.39 is 7.60 Å². The van der Waals surface area contributed by atoms with Crippen LogP contribution in [0.25, 0.3) is 0 Å². The molecule has 0 saturated carbocycles. The van der Waals surface area contributed by atoms with E-state index >= 15 is 0 Å². The van der Waals surface area contributed by atoms with Gasteiger partial charge in [0, 0.05) is 5.92 Å². The van der Waals surface area contributed by atoms with E-state index in [2.05, 4.69) is 6.92 Å². The summed E-state index contributed by atoms with van der Waals surface area (Å²) < 4.78 is 34.4. The molecule has 6 heteroatoms. The maximum absolute atomic E-state index is 12.6. The van der Waals surface area contributed by atoms with Crippen LogP contribution in [0.1, 0.15) is 27.2 Å². The fraction of sp³-hybridized carbons (Fsp3) is 0.833. The van der Waals surface area contributed by atoms with Crippen LogP contribution in [-0.4, -0.2) is 26.1 Å². The smallest absolute Gasteiger partial charge is 0.395 e. The lowest BCUT2D eigenvalue weighted by Crippen LogP contribution is -2.29. The fourth-order valence-electron chi connectivity index (χ4n) is 2.38. The second-order valence-corrected chi connectivity index (χ2v) is 6.46. The molecule has 2 aliphatic rings. The number of hydrogen-bond donors (Lipinski definition) is 0. The number of hydrogen-bond acceptors (Lipinski definition) is 5. The van der Waals surface area contributed by atoms with E-state index in [1.54, 1.807) is 13.8 Å². The van der Waals surface area contributed by atoms with Crippen molar-refractivity contribution in [3.8, 4) is 0 Å². The molecule has 1 saturated heterocycles. The summed E-state index contributed by atoms with van der Waals surface area (Å²) in [5.41, 5.74) is 0.307. The summed E-state index contributed by atoms with van der Waals surface area (Å²) in [6, 6.07) is 0. The maximum Gasteiger partial charge on any atom is 0.395 e. The van der Waals surface area contributed by atoms with Gasteiger partial charge in [-0.05, 0) is 32.3 Å². The first-order chi connectivity index (χ1) is 8.60. The molecule has 0 amide bonds. The molecule has 1 fully saturated rings. The van der Waals surface area contributed by atoms with Crippen molar-refractivity contribution in [3.05, 3.63) is 11.6 Å². The lowest BCUT2D eigenvalue weighted by Gasteiger charge is -2.32. The van der Waals surface area contributed by atoms with Gasteiger partial charge >= 0.3 is 7.60 Å². The lowest BCUT2D eigenvalue weighted by atomic mass is 9.91. The minimum Gasteiger partial charge on any atom is -0.456 e. The normalized spacial score (nSPS) is 31.7. The third-order valence-electron chi connectivity index (χ3n) is 3.27. The predicted molar refractivity (Wildman–Crippen MR) is 67.0 cm³/mol. The van der Waals surface area contributed by atoms with Gasteiger partial charge in [-0.2, -0.15) is 0 Å². The zero-order chi connectivity index (χ0) is 13.2. The quantitative estimate of drug-likeness (QED) is 0.722. The molecule has 2 rings (SSSR count). The van der Waals surface area contributed by atoms with Gasteiger partial charge in [0.15, 0.2) is 0 Å². The summed E-state index contributed by atoms with van der Waals surface area (Å²) in [5, 5.41) is 0. The van der Waals surface area contributed by atoms with Crippen LogP contribution in [0.3, 0.4) is 0 Å². The van der Waals surface area contributed by atoms with Gasteiger partial charge in [0.2, 0.25) is 11.8 Å². The first-order valence-electron chi connectivity index (χ1n) is 6.50. The van der Waals surface area contributed by atoms with Crippen LogP contribution < -0.4 is 0 Å². The minimum absolute atomic E-state index is 0.260. The van der Waals surface area contributed by atoms with E-state index in [0.29, 0.717) is 31.2 Å². The highest BCUT2D eigenvalue weighted by Crippen LogP contribution is 2.59. The molecule has 18 heavy (non-hydrogen) atoms. The number of rotatable bonds is 5. The Balaban J connectivity index is 2.20. The molecule has 0 bridgehead atoms. The average Bonchev–Trinajstić information content (AvgIpc) is 2.78. The highest BCUT2D eigenvalue weighted by Gasteiger charge is 2.43. The van der Waals surface area contributed by atoms with Gasteiger partial charge in [-0.15, -0.1) is 0 Å². The molecule has 2 aliphatic heterocycles. The van der Waals surface area contributed by atoms with Crippen LogP contribution in [0.4, 0.5) is 0 Å². The van der Waals surface area contributed by atoms with Gasteiger partial charge in [-0.25, -0.2) is 0 Å². The summed E-state index contributed by atoms with van der Waals surface area (Å²) in [5.74, 6) is 0.598. The second kappa shape index (κ2) is 5.74. The number of allylic oxidation sites excluding steroid dienone is 1. The summed E-state index contributed by atoms with van der Waals surface area (Å²) in [7, 11) is -3.32. The predicted octanol–water partition coefficient (Wildman–Crippen LogP) is 3.12. The topological polar surface area (TPSA) is 54.0 Å². The number of fused-ring (bicyclic) bond motifs is 1. The molecular weight excluding hydrogens is 255 g/mol. The molecule has 0 aromatic heterocycles. The van der Waals surface area contributed by atoms with Crippen molar-refractivity contribution in [1.29, 1.82) is 0 Å². The van der Waals surface area contributed by atoms with E-state index in [4.69, 9.17) is 18.5 Å². The van der Waals surface area contributed by atoms with E-state index in [-0.39, 0.29) is 12.2 Å². The average molecular weight is 276 g/mol. The zero-order valence-corrected chi connectivity index (χ0v) is 12.0. The van der Waals surface area contributed by atoms with Crippen LogP contribution in [0, 0.1) is 11.8 Å². The van der Waals surface area contributed by atoms with Crippen molar-refractivity contribution < 1.29 is 23.1 Å². The third-order valence-corrected chi connectivity index (χ3v) is 5.26. The molecule has 2 heterocycles. The van der Waals surface area contributed by atoms with Crippen molar-refractivity contribution in [2.45, 2.75) is 33.5 Å². The van der Waals surface area contributed by atoms with Gasteiger partial charge in [0.1, 0.15) is 0 Å². The van der Waals surface area contributed by atoms with Gasteiger partial charge in [-0.3, -0.25) is 4.57 Å². The van der Waals surface area contributed by atoms with Gasteiger partial charge in [-0.1, -0.05) is 6.92 Å². The van der Waals surface area contributed by atoms with Crippen LogP contribution >= 0.6 is 7.60 Å². The van der Waals surface area contributed by atoms with Gasteiger partial charge < -0.3 is 18.5 Å². The monoisotopic (exact) mass is 276 g/mol. The Morgan fingerprint density at radius 1 is 1.39 bits per heavy atom. The molecule has 0 spiro atoms. The van der Waals surface area contributed by atoms with Crippen molar-refractivity contribution >= 4 is 7.60 Å². The Bertz CT molecular complexity index is 357. The first kappa shape index (κ1) is 14.1. The Morgan fingerprint density at radius 2 is 2.06 bits per heavy atom. The third kappa shape index (κ3) is 2.64. The van der Waals surface area contributed by atoms with E-state index in [9.17, 15) is 4.57 Å². The molecule has 0 unspecified atom stereocenters. The van der Waals surface area contributed by atoms with Crippen LogP contribution in [0.15, 0.2) is 11.6 Å². The Kier molecular flexibility index (Phi) is 4.49. The molecule has 0 radical (unpaired) electrons. The largest absolute Gasteiger partial charge is 0.456 e. The molecule has 0 N–H and O–H groups in total. The lowest BCUT2D eigenvalue weighted by molar-refractivity contribution is -0.112. The van der Waals surface area contributed by atoms with Crippen LogP contribution in [0.5, 0.6) is 0 Å². The molecular formula is C12H21O5P. The van der Waals surface area contributed by atoms with E-state index in [1.165, 1.54) is 0 Å². The van der Waals surface area contributed by atoms with E-state index in [1.807, 2.05) is 6.08 Å². The SMILES string of the molecule is CCOP(=O)(OCC)C1=C[C@H](C)[C@@H]2CCO[C@@H]2O1. The summed E-state index contributed by atoms with van der Waals surface area (Å²) in [6.07, 6.45) is 2.53. The van der Waals surface area contributed by atoms with Crippen molar-refractivity contribution in [2.75, 3.05) is 19.8 Å². The van der Waals surface area contributed by atoms with Crippen molar-refractivity contribution in [2.24, 2.45) is 11.8 Å². The molecule has 0 aromatic carbocycles. The van der Waals surface area contributed by atoms with Gasteiger partial charge in [0.25, 0.3) is 0 Å². The summed E-state index contributed by atoms with van der Waals surface area (Å²) in [6.45, 7) is 6.98. The first-order valence-corrected chi connectivity index (χ1v) is 8.04. The van der Waals surface area contributed by atoms with Crippen LogP contribution in [0.2, 0.25) is 0 Å². The van der Waals surface area contributed by atoms with Crippen LogP contribution in [-0.2, 0) is 23.1 Å². The van der Waals surface area contributed by atoms with Crippen molar-refractivity contribution in [1.82, 2.24) is 0 Å². The van der Waals surface area contributed by atoms with Gasteiger partial charge in [0.05, 0.1) is 19.8 Å². The molecule has 5 nitrogen and oxygen atoms in total. The Labute approximate surface area is 108 Å². The Morgan fingerprint density at radius 3 is 2.67 bits per heavy atom. The molecule has 104 valence electrons. The number of ether oxygens (including phenoxy) is 2. The molecule has 3 atom stereocenters. The summed E-state index contributed by atoms with van der Waals surface area (Å²) >= 11 is 0.